The summed E-state index contributed by atoms with van der Waals surface area (Å²) in [5.74, 6) is 1.76. The number of rotatable bonds is 3. The van der Waals surface area contributed by atoms with E-state index in [4.69, 9.17) is 0 Å². The number of nitrogens with one attached hydrogen (secondary N) is 1. The Hall–Kier alpha value is -1.09. The molecule has 1 saturated heterocycles. The van der Waals surface area contributed by atoms with E-state index in [0.29, 0.717) is 6.04 Å². The van der Waals surface area contributed by atoms with Crippen LogP contribution in [0.4, 0.5) is 5.69 Å². The molecule has 0 bridgehead atoms. The second-order valence-corrected chi connectivity index (χ2v) is 7.14. The van der Waals surface area contributed by atoms with E-state index in [0.717, 1.165) is 17.9 Å². The van der Waals surface area contributed by atoms with E-state index < -0.39 is 0 Å². The number of nitrogens with zero attached hydrogens (tertiary/aromatic N) is 2. The molecular weight excluding hydrogens is 258 g/mol. The molecule has 2 fully saturated rings. The summed E-state index contributed by atoms with van der Waals surface area (Å²) in [5.41, 5.74) is 1.32. The number of hydrogen-bond acceptors (Lipinski definition) is 3. The zero-order valence-electron chi connectivity index (χ0n) is 13.5. The van der Waals surface area contributed by atoms with Crippen molar-refractivity contribution in [3.05, 3.63) is 24.5 Å². The second kappa shape index (κ2) is 6.78. The minimum atomic E-state index is 0.712. The largest absolute Gasteiger partial charge is 0.371 e. The van der Waals surface area contributed by atoms with Crippen molar-refractivity contribution in [1.29, 1.82) is 0 Å². The molecule has 1 aliphatic carbocycles. The Morgan fingerprint density at radius 3 is 2.43 bits per heavy atom. The van der Waals surface area contributed by atoms with E-state index >= 15 is 0 Å². The Balaban J connectivity index is 1.48. The number of piperidine rings is 1. The first kappa shape index (κ1) is 14.8. The van der Waals surface area contributed by atoms with Gasteiger partial charge in [-0.15, -0.1) is 0 Å². The van der Waals surface area contributed by atoms with Crippen molar-refractivity contribution in [3.8, 4) is 0 Å². The van der Waals surface area contributed by atoms with Crippen LogP contribution in [0.2, 0.25) is 0 Å². The monoisotopic (exact) mass is 287 g/mol. The lowest BCUT2D eigenvalue weighted by Crippen LogP contribution is -2.49. The number of aromatic nitrogens is 1. The van der Waals surface area contributed by atoms with Crippen molar-refractivity contribution in [2.75, 3.05) is 18.0 Å². The molecule has 0 aromatic carbocycles. The Morgan fingerprint density at radius 1 is 1.05 bits per heavy atom. The molecular formula is C18H29N3. The molecule has 1 aromatic rings. The highest BCUT2D eigenvalue weighted by Crippen LogP contribution is 2.29. The molecule has 3 unspecified atom stereocenters. The van der Waals surface area contributed by atoms with Gasteiger partial charge in [-0.1, -0.05) is 13.8 Å². The lowest BCUT2D eigenvalue weighted by molar-refractivity contribution is 0.204. The van der Waals surface area contributed by atoms with Crippen LogP contribution in [0.3, 0.4) is 0 Å². The third-order valence-corrected chi connectivity index (χ3v) is 5.40. The summed E-state index contributed by atoms with van der Waals surface area (Å²) in [6.45, 7) is 7.16. The molecule has 0 amide bonds. The molecule has 1 saturated carbocycles. The van der Waals surface area contributed by atoms with Gasteiger partial charge in [0.25, 0.3) is 0 Å². The third-order valence-electron chi connectivity index (χ3n) is 5.40. The maximum atomic E-state index is 4.11. The highest BCUT2D eigenvalue weighted by molar-refractivity contribution is 5.44. The molecule has 2 heterocycles. The molecule has 3 atom stereocenters. The first-order valence-electron chi connectivity index (χ1n) is 8.63. The molecule has 3 nitrogen and oxygen atoms in total. The average Bonchev–Trinajstić information content (AvgIpc) is 2.52. The van der Waals surface area contributed by atoms with Gasteiger partial charge in [0.2, 0.25) is 0 Å². The molecule has 0 radical (unpaired) electrons. The van der Waals surface area contributed by atoms with Crippen molar-refractivity contribution >= 4 is 5.69 Å². The Bertz CT molecular complexity index is 425. The van der Waals surface area contributed by atoms with E-state index in [-0.39, 0.29) is 0 Å². The van der Waals surface area contributed by atoms with E-state index in [2.05, 4.69) is 41.2 Å². The number of anilines is 1. The summed E-state index contributed by atoms with van der Waals surface area (Å²) >= 11 is 0. The third kappa shape index (κ3) is 3.76. The van der Waals surface area contributed by atoms with Gasteiger partial charge in [-0.3, -0.25) is 4.98 Å². The van der Waals surface area contributed by atoms with Crippen LogP contribution in [0.15, 0.2) is 24.5 Å². The van der Waals surface area contributed by atoms with Gasteiger partial charge in [-0.25, -0.2) is 0 Å². The molecule has 3 rings (SSSR count). The molecule has 21 heavy (non-hydrogen) atoms. The van der Waals surface area contributed by atoms with E-state index in [9.17, 15) is 0 Å². The quantitative estimate of drug-likeness (QED) is 0.922. The zero-order chi connectivity index (χ0) is 14.7. The summed E-state index contributed by atoms with van der Waals surface area (Å²) in [6.07, 6.45) is 10.5. The van der Waals surface area contributed by atoms with Crippen molar-refractivity contribution in [2.45, 2.75) is 58.0 Å². The van der Waals surface area contributed by atoms with Gasteiger partial charge in [0.05, 0.1) is 0 Å². The van der Waals surface area contributed by atoms with Crippen LogP contribution in [0, 0.1) is 11.8 Å². The lowest BCUT2D eigenvalue weighted by Gasteiger charge is -2.39. The average molecular weight is 287 g/mol. The number of hydrogen-bond donors (Lipinski definition) is 1. The van der Waals surface area contributed by atoms with E-state index in [1.165, 1.54) is 50.9 Å². The van der Waals surface area contributed by atoms with Crippen molar-refractivity contribution in [1.82, 2.24) is 10.3 Å². The van der Waals surface area contributed by atoms with Gasteiger partial charge in [0.1, 0.15) is 0 Å². The topological polar surface area (TPSA) is 28.2 Å². The first-order chi connectivity index (χ1) is 10.2. The van der Waals surface area contributed by atoms with Crippen molar-refractivity contribution in [2.24, 2.45) is 11.8 Å². The van der Waals surface area contributed by atoms with Gasteiger partial charge < -0.3 is 10.2 Å². The van der Waals surface area contributed by atoms with Crippen LogP contribution < -0.4 is 10.2 Å². The van der Waals surface area contributed by atoms with Crippen molar-refractivity contribution < 1.29 is 0 Å². The fourth-order valence-electron chi connectivity index (χ4n) is 4.07. The molecule has 3 heteroatoms. The first-order valence-corrected chi connectivity index (χ1v) is 8.63. The Morgan fingerprint density at radius 2 is 1.76 bits per heavy atom. The lowest BCUT2D eigenvalue weighted by atomic mass is 9.79. The maximum Gasteiger partial charge on any atom is 0.0397 e. The van der Waals surface area contributed by atoms with Gasteiger partial charge in [-0.2, -0.15) is 0 Å². The normalized spacial score (nSPS) is 31.3. The van der Waals surface area contributed by atoms with E-state index in [1.807, 2.05) is 12.4 Å². The summed E-state index contributed by atoms with van der Waals surface area (Å²) in [5, 5.41) is 3.96. The fraction of sp³-hybridized carbons (Fsp3) is 0.722. The van der Waals surface area contributed by atoms with Crippen LogP contribution >= 0.6 is 0 Å². The summed E-state index contributed by atoms with van der Waals surface area (Å²) in [4.78, 5) is 6.60. The molecule has 1 aliphatic heterocycles. The van der Waals surface area contributed by atoms with Crippen LogP contribution in [0.5, 0.6) is 0 Å². The van der Waals surface area contributed by atoms with Crippen LogP contribution in [-0.2, 0) is 0 Å². The fourth-order valence-corrected chi connectivity index (χ4v) is 4.07. The molecule has 0 spiro atoms. The van der Waals surface area contributed by atoms with Crippen LogP contribution in [-0.4, -0.2) is 30.2 Å². The summed E-state index contributed by atoms with van der Waals surface area (Å²) < 4.78 is 0. The van der Waals surface area contributed by atoms with Gasteiger partial charge in [0.15, 0.2) is 0 Å². The van der Waals surface area contributed by atoms with Crippen LogP contribution in [0.1, 0.15) is 46.0 Å². The van der Waals surface area contributed by atoms with Gasteiger partial charge >= 0.3 is 0 Å². The summed E-state index contributed by atoms with van der Waals surface area (Å²) in [7, 11) is 0. The molecule has 1 aromatic heterocycles. The highest BCUT2D eigenvalue weighted by Gasteiger charge is 2.28. The zero-order valence-corrected chi connectivity index (χ0v) is 13.5. The van der Waals surface area contributed by atoms with Gasteiger partial charge in [0, 0.05) is 43.3 Å². The molecule has 116 valence electrons. The number of pyridine rings is 1. The predicted octanol–water partition coefficient (Wildman–Crippen LogP) is 3.46. The molecule has 2 aliphatic rings. The Kier molecular flexibility index (Phi) is 4.79. The smallest absolute Gasteiger partial charge is 0.0397 e. The maximum absolute atomic E-state index is 4.11. The second-order valence-electron chi connectivity index (χ2n) is 7.14. The van der Waals surface area contributed by atoms with Gasteiger partial charge in [-0.05, 0) is 56.1 Å². The Labute approximate surface area is 129 Å². The van der Waals surface area contributed by atoms with Crippen molar-refractivity contribution in [3.63, 3.8) is 0 Å². The minimum absolute atomic E-state index is 0.712. The predicted molar refractivity (Wildman–Crippen MR) is 88.6 cm³/mol. The SMILES string of the molecule is CC1CCC(NC2CCN(c3ccncc3)CC2)C(C)C1. The highest BCUT2D eigenvalue weighted by atomic mass is 15.2. The summed E-state index contributed by atoms with van der Waals surface area (Å²) in [6, 6.07) is 5.71. The minimum Gasteiger partial charge on any atom is -0.371 e. The standard InChI is InChI=1S/C18H29N3/c1-14-3-4-18(15(2)13-14)20-16-7-11-21(12-8-16)17-5-9-19-10-6-17/h5-6,9-10,14-16,18,20H,3-4,7-8,11-13H2,1-2H3. The van der Waals surface area contributed by atoms with Crippen LogP contribution in [0.25, 0.3) is 0 Å². The van der Waals surface area contributed by atoms with E-state index in [1.54, 1.807) is 0 Å². The molecule has 1 N–H and O–H groups in total.